The maximum absolute atomic E-state index is 11.7. The molecule has 118 valence electrons. The number of rotatable bonds is 8. The van der Waals surface area contributed by atoms with Crippen molar-refractivity contribution >= 4 is 11.7 Å². The molecule has 22 heavy (non-hydrogen) atoms. The molecule has 0 aliphatic rings. The summed E-state index contributed by atoms with van der Waals surface area (Å²) in [5.74, 6) is 0.487. The van der Waals surface area contributed by atoms with Gasteiger partial charge in [0.1, 0.15) is 12.3 Å². The minimum atomic E-state index is -0.381. The van der Waals surface area contributed by atoms with E-state index in [-0.39, 0.29) is 17.4 Å². The smallest absolute Gasteiger partial charge is 0.277 e. The molecule has 1 amide bonds. The third kappa shape index (κ3) is 4.45. The van der Waals surface area contributed by atoms with Gasteiger partial charge in [0.15, 0.2) is 0 Å². The second kappa shape index (κ2) is 7.99. The number of nitrogens with two attached hydrogens (primary N) is 2. The molecule has 1 aromatic heterocycles. The lowest BCUT2D eigenvalue weighted by atomic mass is 10.2. The monoisotopic (exact) mass is 306 g/mol. The number of ether oxygens (including phenoxy) is 1. The number of quaternary nitrogens is 1. The molecule has 8 heteroatoms. The zero-order valence-corrected chi connectivity index (χ0v) is 12.4. The Hall–Kier alpha value is -2.61. The van der Waals surface area contributed by atoms with Crippen molar-refractivity contribution in [1.29, 1.82) is 0 Å². The van der Waals surface area contributed by atoms with Gasteiger partial charge in [-0.05, 0) is 41.5 Å². The number of hydrogen-bond donors (Lipinski definition) is 3. The van der Waals surface area contributed by atoms with Crippen LogP contribution in [-0.2, 0) is 6.54 Å². The number of carbonyl (C=O) groups is 1. The van der Waals surface area contributed by atoms with Crippen molar-refractivity contribution < 1.29 is 19.5 Å². The minimum absolute atomic E-state index is 0.00383. The zero-order valence-electron chi connectivity index (χ0n) is 12.4. The van der Waals surface area contributed by atoms with Crippen LogP contribution in [0.15, 0.2) is 28.9 Å². The molecule has 0 unspecified atom stereocenters. The molecule has 1 aromatic carbocycles. The summed E-state index contributed by atoms with van der Waals surface area (Å²) >= 11 is 0. The number of carbonyl (C=O) groups excluding carboxylic acids is 1. The van der Waals surface area contributed by atoms with Crippen LogP contribution in [-0.4, -0.2) is 35.9 Å². The summed E-state index contributed by atoms with van der Waals surface area (Å²) < 4.78 is 9.76. The summed E-state index contributed by atoms with van der Waals surface area (Å²) in [7, 11) is 0. The number of anilines is 1. The molecule has 2 rings (SSSR count). The van der Waals surface area contributed by atoms with E-state index in [1.807, 2.05) is 31.2 Å². The lowest BCUT2D eigenvalue weighted by Crippen LogP contribution is -2.84. The Bertz CT molecular complexity index is 597. The second-order valence-electron chi connectivity index (χ2n) is 4.61. The summed E-state index contributed by atoms with van der Waals surface area (Å²) in [5.41, 5.74) is 6.65. The van der Waals surface area contributed by atoms with Crippen LogP contribution in [0, 0.1) is 0 Å². The molecule has 0 radical (unpaired) electrons. The molecule has 0 saturated heterocycles. The van der Waals surface area contributed by atoms with E-state index in [0.29, 0.717) is 13.2 Å². The van der Waals surface area contributed by atoms with Gasteiger partial charge in [0.05, 0.1) is 19.7 Å². The summed E-state index contributed by atoms with van der Waals surface area (Å²) in [6.45, 7) is 4.69. The number of amides is 1. The van der Waals surface area contributed by atoms with Gasteiger partial charge in [0.2, 0.25) is 11.5 Å². The van der Waals surface area contributed by atoms with Crippen molar-refractivity contribution in [1.82, 2.24) is 15.6 Å². The first-order valence-electron chi connectivity index (χ1n) is 7.10. The fourth-order valence-corrected chi connectivity index (χ4v) is 1.88. The van der Waals surface area contributed by atoms with Crippen molar-refractivity contribution in [2.24, 2.45) is 0 Å². The number of hydrogen-bond acceptors (Lipinski definition) is 6. The molecule has 0 saturated carbocycles. The molecule has 0 atom stereocenters. The molecule has 5 N–H and O–H groups in total. The number of benzene rings is 1. The Labute approximate surface area is 128 Å². The van der Waals surface area contributed by atoms with Crippen LogP contribution in [0.5, 0.6) is 5.75 Å². The van der Waals surface area contributed by atoms with Crippen LogP contribution in [0.3, 0.4) is 0 Å². The molecular weight excluding hydrogens is 286 g/mol. The average molecular weight is 306 g/mol. The number of nitrogens with one attached hydrogen (secondary N) is 1. The highest BCUT2D eigenvalue weighted by Gasteiger charge is 2.15. The van der Waals surface area contributed by atoms with Gasteiger partial charge in [-0.2, -0.15) is 0 Å². The van der Waals surface area contributed by atoms with Gasteiger partial charge >= 0.3 is 0 Å². The van der Waals surface area contributed by atoms with Crippen LogP contribution in [0.1, 0.15) is 23.0 Å². The van der Waals surface area contributed by atoms with Crippen molar-refractivity contribution in [2.45, 2.75) is 13.5 Å². The average Bonchev–Trinajstić information content (AvgIpc) is 2.95. The SMILES string of the molecule is CCOc1ccc(C[NH2+]CCNC(=O)c2nonc2N)cc1. The van der Waals surface area contributed by atoms with Crippen LogP contribution in [0.2, 0.25) is 0 Å². The van der Waals surface area contributed by atoms with Gasteiger partial charge in [0, 0.05) is 5.56 Å². The second-order valence-corrected chi connectivity index (χ2v) is 4.61. The lowest BCUT2D eigenvalue weighted by molar-refractivity contribution is -0.668. The minimum Gasteiger partial charge on any atom is -0.494 e. The van der Waals surface area contributed by atoms with Gasteiger partial charge < -0.3 is 21.1 Å². The summed E-state index contributed by atoms with van der Waals surface area (Å²) in [4.78, 5) is 11.7. The van der Waals surface area contributed by atoms with Gasteiger partial charge in [0.25, 0.3) is 5.91 Å². The first-order valence-corrected chi connectivity index (χ1v) is 7.10. The third-order valence-corrected chi connectivity index (χ3v) is 2.98. The predicted molar refractivity (Wildman–Crippen MR) is 79.2 cm³/mol. The van der Waals surface area contributed by atoms with E-state index in [1.54, 1.807) is 0 Å². The maximum Gasteiger partial charge on any atom is 0.277 e. The van der Waals surface area contributed by atoms with Gasteiger partial charge in [-0.25, -0.2) is 4.63 Å². The van der Waals surface area contributed by atoms with Crippen LogP contribution < -0.4 is 21.1 Å². The van der Waals surface area contributed by atoms with Gasteiger partial charge in [-0.15, -0.1) is 0 Å². The Morgan fingerprint density at radius 3 is 2.77 bits per heavy atom. The molecule has 2 aromatic rings. The molecular formula is C14H20N5O3+. The normalized spacial score (nSPS) is 10.4. The molecule has 0 fully saturated rings. The Morgan fingerprint density at radius 1 is 1.36 bits per heavy atom. The number of aromatic nitrogens is 2. The number of nitrogen functional groups attached to an aromatic ring is 1. The topological polar surface area (TPSA) is 120 Å². The van der Waals surface area contributed by atoms with E-state index in [9.17, 15) is 4.79 Å². The van der Waals surface area contributed by atoms with E-state index in [2.05, 4.69) is 25.6 Å². The Morgan fingerprint density at radius 2 is 2.14 bits per heavy atom. The Balaban J connectivity index is 1.65. The number of nitrogens with zero attached hydrogens (tertiary/aromatic N) is 2. The van der Waals surface area contributed by atoms with Crippen LogP contribution in [0.25, 0.3) is 0 Å². The standard InChI is InChI=1S/C14H19N5O3/c1-2-21-11-5-3-10(4-6-11)9-16-7-8-17-14(20)12-13(15)19-22-18-12/h3-6,16H,2,7-9H2,1H3,(H2,15,19)(H,17,20)/p+1. The fraction of sp³-hybridized carbons (Fsp3) is 0.357. The van der Waals surface area contributed by atoms with E-state index in [4.69, 9.17) is 10.5 Å². The van der Waals surface area contributed by atoms with Crippen LogP contribution in [0.4, 0.5) is 5.82 Å². The first kappa shape index (κ1) is 15.8. The summed E-state index contributed by atoms with van der Waals surface area (Å²) in [6, 6.07) is 7.97. The molecule has 0 aliphatic heterocycles. The van der Waals surface area contributed by atoms with Crippen molar-refractivity contribution in [3.05, 3.63) is 35.5 Å². The summed E-state index contributed by atoms with van der Waals surface area (Å²) in [6.07, 6.45) is 0. The van der Waals surface area contributed by atoms with Gasteiger partial charge in [-0.3, -0.25) is 4.79 Å². The molecule has 1 heterocycles. The predicted octanol–water partition coefficient (Wildman–Crippen LogP) is -0.456. The third-order valence-electron chi connectivity index (χ3n) is 2.98. The fourth-order valence-electron chi connectivity index (χ4n) is 1.88. The van der Waals surface area contributed by atoms with Crippen molar-refractivity contribution in [3.63, 3.8) is 0 Å². The Kier molecular flexibility index (Phi) is 5.73. The van der Waals surface area contributed by atoms with Gasteiger partial charge in [-0.1, -0.05) is 0 Å². The highest BCUT2D eigenvalue weighted by Crippen LogP contribution is 2.11. The first-order chi connectivity index (χ1) is 10.7. The summed E-state index contributed by atoms with van der Waals surface area (Å²) in [5, 5.41) is 11.6. The highest BCUT2D eigenvalue weighted by molar-refractivity contribution is 5.95. The highest BCUT2D eigenvalue weighted by atomic mass is 16.6. The van der Waals surface area contributed by atoms with E-state index in [0.717, 1.165) is 18.8 Å². The lowest BCUT2D eigenvalue weighted by Gasteiger charge is -2.05. The molecule has 0 aliphatic carbocycles. The van der Waals surface area contributed by atoms with E-state index < -0.39 is 0 Å². The zero-order chi connectivity index (χ0) is 15.8. The maximum atomic E-state index is 11.7. The molecule has 0 spiro atoms. The van der Waals surface area contributed by atoms with E-state index in [1.165, 1.54) is 5.56 Å². The van der Waals surface area contributed by atoms with E-state index >= 15 is 0 Å². The molecule has 0 bridgehead atoms. The quantitative estimate of drug-likeness (QED) is 0.568. The van der Waals surface area contributed by atoms with Crippen LogP contribution >= 0.6 is 0 Å². The molecule has 8 nitrogen and oxygen atoms in total. The largest absolute Gasteiger partial charge is 0.494 e. The van der Waals surface area contributed by atoms with Crippen molar-refractivity contribution in [2.75, 3.05) is 25.4 Å². The van der Waals surface area contributed by atoms with Crippen molar-refractivity contribution in [3.8, 4) is 5.75 Å².